The van der Waals surface area contributed by atoms with Gasteiger partial charge in [-0.25, -0.2) is 0 Å². The quantitative estimate of drug-likeness (QED) is 0.845. The summed E-state index contributed by atoms with van der Waals surface area (Å²) in [4.78, 5) is 0. The summed E-state index contributed by atoms with van der Waals surface area (Å²) in [5.41, 5.74) is 2.90. The van der Waals surface area contributed by atoms with Gasteiger partial charge in [-0.2, -0.15) is 0 Å². The topological polar surface area (TPSA) is 20.2 Å². The average Bonchev–Trinajstić information content (AvgIpc) is 2.83. The van der Waals surface area contributed by atoms with Crippen molar-refractivity contribution in [1.82, 2.24) is 0 Å². The molecule has 2 rings (SSSR count). The molecule has 0 spiro atoms. The first-order chi connectivity index (χ1) is 8.52. The van der Waals surface area contributed by atoms with Crippen LogP contribution in [0.15, 0.2) is 24.3 Å². The summed E-state index contributed by atoms with van der Waals surface area (Å²) in [6.07, 6.45) is 5.24. The third-order valence-corrected chi connectivity index (χ3v) is 4.37. The van der Waals surface area contributed by atoms with E-state index in [9.17, 15) is 5.11 Å². The summed E-state index contributed by atoms with van der Waals surface area (Å²) in [6.45, 7) is 7.01. The van der Waals surface area contributed by atoms with Gasteiger partial charge >= 0.3 is 0 Å². The number of aliphatic hydroxyl groups excluding tert-OH is 1. The fraction of sp³-hybridized carbons (Fsp3) is 0.647. The maximum absolute atomic E-state index is 9.67. The molecule has 1 aromatic carbocycles. The highest BCUT2D eigenvalue weighted by Gasteiger charge is 2.26. The Morgan fingerprint density at radius 3 is 2.11 bits per heavy atom. The zero-order valence-electron chi connectivity index (χ0n) is 11.9. The van der Waals surface area contributed by atoms with Crippen LogP contribution in [0.2, 0.25) is 0 Å². The molecule has 1 saturated carbocycles. The molecule has 0 heterocycles. The number of benzene rings is 1. The molecule has 1 atom stereocenters. The maximum atomic E-state index is 9.67. The lowest BCUT2D eigenvalue weighted by molar-refractivity contribution is 0.226. The molecule has 18 heavy (non-hydrogen) atoms. The Labute approximate surface area is 111 Å². The summed E-state index contributed by atoms with van der Waals surface area (Å²) in [7, 11) is 0. The summed E-state index contributed by atoms with van der Waals surface area (Å²) in [5.74, 6) is 1.04. The Morgan fingerprint density at radius 1 is 1.11 bits per heavy atom. The molecule has 0 bridgehead atoms. The van der Waals surface area contributed by atoms with Crippen molar-refractivity contribution in [3.8, 4) is 0 Å². The monoisotopic (exact) mass is 246 g/mol. The number of hydrogen-bond donors (Lipinski definition) is 1. The second-order valence-electron chi connectivity index (χ2n) is 6.71. The predicted octanol–water partition coefficient (Wildman–Crippen LogP) is 4.25. The van der Waals surface area contributed by atoms with Crippen LogP contribution in [0, 0.1) is 5.92 Å². The molecule has 1 aromatic rings. The van der Waals surface area contributed by atoms with E-state index in [0.717, 1.165) is 0 Å². The van der Waals surface area contributed by atoms with E-state index in [0.29, 0.717) is 18.4 Å². The molecule has 1 nitrogen and oxygen atoms in total. The van der Waals surface area contributed by atoms with Gasteiger partial charge < -0.3 is 5.11 Å². The van der Waals surface area contributed by atoms with Crippen molar-refractivity contribution in [2.75, 3.05) is 6.61 Å². The number of aliphatic hydroxyl groups is 1. The number of hydrogen-bond acceptors (Lipinski definition) is 1. The van der Waals surface area contributed by atoms with E-state index in [4.69, 9.17) is 0 Å². The lowest BCUT2D eigenvalue weighted by Crippen LogP contribution is -2.15. The van der Waals surface area contributed by atoms with Crippen molar-refractivity contribution < 1.29 is 5.11 Å². The maximum Gasteiger partial charge on any atom is 0.0502 e. The summed E-state index contributed by atoms with van der Waals surface area (Å²) in [5, 5.41) is 9.67. The summed E-state index contributed by atoms with van der Waals surface area (Å²) < 4.78 is 0. The smallest absolute Gasteiger partial charge is 0.0502 e. The van der Waals surface area contributed by atoms with Gasteiger partial charge in [-0.3, -0.25) is 0 Å². The Morgan fingerprint density at radius 2 is 1.67 bits per heavy atom. The van der Waals surface area contributed by atoms with Crippen LogP contribution in [0.1, 0.15) is 63.5 Å². The highest BCUT2D eigenvalue weighted by atomic mass is 16.3. The van der Waals surface area contributed by atoms with Gasteiger partial charge in [0.2, 0.25) is 0 Å². The van der Waals surface area contributed by atoms with Crippen LogP contribution in [-0.2, 0) is 5.41 Å². The van der Waals surface area contributed by atoms with Crippen molar-refractivity contribution >= 4 is 0 Å². The van der Waals surface area contributed by atoms with Gasteiger partial charge in [0, 0.05) is 5.92 Å². The first-order valence-electron chi connectivity index (χ1n) is 7.23. The van der Waals surface area contributed by atoms with E-state index in [1.165, 1.54) is 36.8 Å². The van der Waals surface area contributed by atoms with Crippen LogP contribution < -0.4 is 0 Å². The van der Waals surface area contributed by atoms with Gasteiger partial charge in [0.25, 0.3) is 0 Å². The molecular formula is C17H26O. The molecule has 1 heteroatoms. The Hall–Kier alpha value is -0.820. The average molecular weight is 246 g/mol. The van der Waals surface area contributed by atoms with Crippen LogP contribution in [0.25, 0.3) is 0 Å². The van der Waals surface area contributed by atoms with Crippen molar-refractivity contribution in [1.29, 1.82) is 0 Å². The van der Waals surface area contributed by atoms with Crippen LogP contribution in [0.3, 0.4) is 0 Å². The zero-order valence-corrected chi connectivity index (χ0v) is 11.9. The molecule has 0 amide bonds. The second kappa shape index (κ2) is 5.44. The van der Waals surface area contributed by atoms with Gasteiger partial charge in [-0.05, 0) is 35.3 Å². The van der Waals surface area contributed by atoms with Gasteiger partial charge in [0.05, 0.1) is 6.61 Å². The molecule has 1 unspecified atom stereocenters. The van der Waals surface area contributed by atoms with Gasteiger partial charge in [0.15, 0.2) is 0 Å². The summed E-state index contributed by atoms with van der Waals surface area (Å²) in [6, 6.07) is 8.90. The third kappa shape index (κ3) is 2.95. The minimum Gasteiger partial charge on any atom is -0.396 e. The van der Waals surface area contributed by atoms with Crippen molar-refractivity contribution in [3.05, 3.63) is 35.4 Å². The Kier molecular flexibility index (Phi) is 4.11. The predicted molar refractivity (Wildman–Crippen MR) is 76.9 cm³/mol. The van der Waals surface area contributed by atoms with E-state index in [1.54, 1.807) is 0 Å². The van der Waals surface area contributed by atoms with Crippen molar-refractivity contribution in [2.24, 2.45) is 5.92 Å². The molecule has 1 aliphatic carbocycles. The van der Waals surface area contributed by atoms with Crippen molar-refractivity contribution in [3.63, 3.8) is 0 Å². The molecular weight excluding hydrogens is 220 g/mol. The van der Waals surface area contributed by atoms with Crippen LogP contribution in [0.5, 0.6) is 0 Å². The molecule has 100 valence electrons. The van der Waals surface area contributed by atoms with E-state index in [2.05, 4.69) is 45.0 Å². The zero-order chi connectivity index (χ0) is 13.2. The molecule has 0 saturated heterocycles. The first-order valence-corrected chi connectivity index (χ1v) is 7.23. The van der Waals surface area contributed by atoms with E-state index in [-0.39, 0.29) is 5.41 Å². The molecule has 0 aromatic heterocycles. The lowest BCUT2D eigenvalue weighted by atomic mass is 9.82. The fourth-order valence-corrected chi connectivity index (χ4v) is 3.12. The minimum absolute atomic E-state index is 0.209. The normalized spacial score (nSPS) is 19.1. The molecule has 0 aliphatic heterocycles. The van der Waals surface area contributed by atoms with Gasteiger partial charge in [-0.1, -0.05) is 57.9 Å². The van der Waals surface area contributed by atoms with Gasteiger partial charge in [0.1, 0.15) is 0 Å². The summed E-state index contributed by atoms with van der Waals surface area (Å²) >= 11 is 0. The Bertz CT molecular complexity index is 366. The molecule has 0 radical (unpaired) electrons. The fourth-order valence-electron chi connectivity index (χ4n) is 3.12. The van der Waals surface area contributed by atoms with E-state index in [1.807, 2.05) is 0 Å². The third-order valence-electron chi connectivity index (χ3n) is 4.37. The minimum atomic E-state index is 0.209. The molecule has 1 fully saturated rings. The SMILES string of the molecule is CC(C)(C)c1ccc(C(CO)C2CCCC2)cc1. The van der Waals surface area contributed by atoms with Crippen LogP contribution in [-0.4, -0.2) is 11.7 Å². The van der Waals surface area contributed by atoms with Crippen molar-refractivity contribution in [2.45, 2.75) is 57.8 Å². The van der Waals surface area contributed by atoms with Gasteiger partial charge in [-0.15, -0.1) is 0 Å². The highest BCUT2D eigenvalue weighted by Crippen LogP contribution is 2.37. The standard InChI is InChI=1S/C17H26O/c1-17(2,3)15-10-8-14(9-11-15)16(12-18)13-6-4-5-7-13/h8-11,13,16,18H,4-7,12H2,1-3H3. The highest BCUT2D eigenvalue weighted by molar-refractivity contribution is 5.30. The lowest BCUT2D eigenvalue weighted by Gasteiger charge is -2.24. The largest absolute Gasteiger partial charge is 0.396 e. The van der Waals surface area contributed by atoms with E-state index < -0.39 is 0 Å². The molecule has 1 N–H and O–H groups in total. The van der Waals surface area contributed by atoms with E-state index >= 15 is 0 Å². The van der Waals surface area contributed by atoms with Crippen LogP contribution in [0.4, 0.5) is 0 Å². The molecule has 1 aliphatic rings. The van der Waals surface area contributed by atoms with Crippen LogP contribution >= 0.6 is 0 Å². The first kappa shape index (κ1) is 13.6. The Balaban J connectivity index is 2.16. The second-order valence-corrected chi connectivity index (χ2v) is 6.71. The number of rotatable bonds is 3.